The fourth-order valence-electron chi connectivity index (χ4n) is 3.31. The van der Waals surface area contributed by atoms with Crippen LogP contribution in [-0.4, -0.2) is 28.4 Å². The Morgan fingerprint density at radius 2 is 1.92 bits per heavy atom. The average molecular weight is 346 g/mol. The van der Waals surface area contributed by atoms with Gasteiger partial charge in [-0.2, -0.15) is 10.2 Å². The topological polar surface area (TPSA) is 88.6 Å². The Kier molecular flexibility index (Phi) is 3.42. The smallest absolute Gasteiger partial charge is 0.239 e. The summed E-state index contributed by atoms with van der Waals surface area (Å²) < 4.78 is 40.8. The van der Waals surface area contributed by atoms with Crippen molar-refractivity contribution in [3.8, 4) is 6.07 Å². The summed E-state index contributed by atoms with van der Waals surface area (Å²) in [4.78, 5) is 3.98. The van der Waals surface area contributed by atoms with Crippen molar-refractivity contribution in [3.05, 3.63) is 41.7 Å². The highest BCUT2D eigenvalue weighted by molar-refractivity contribution is 7.91. The number of nitriles is 1. The van der Waals surface area contributed by atoms with E-state index in [9.17, 15) is 12.8 Å². The van der Waals surface area contributed by atoms with E-state index in [-0.39, 0.29) is 29.4 Å². The van der Waals surface area contributed by atoms with Crippen LogP contribution in [0.3, 0.4) is 0 Å². The summed E-state index contributed by atoms with van der Waals surface area (Å²) in [6.45, 7) is 0. The Morgan fingerprint density at radius 3 is 2.58 bits per heavy atom. The Balaban J connectivity index is 1.68. The number of fused-ring (bicyclic) bond motifs is 1. The molecule has 4 rings (SSSR count). The van der Waals surface area contributed by atoms with Gasteiger partial charge in [0.25, 0.3) is 5.16 Å². The van der Waals surface area contributed by atoms with Crippen molar-refractivity contribution in [3.63, 3.8) is 0 Å². The van der Waals surface area contributed by atoms with Crippen LogP contribution < -0.4 is 0 Å². The molecule has 24 heavy (non-hydrogen) atoms. The third-order valence-corrected chi connectivity index (χ3v) is 6.74. The molecule has 0 amide bonds. The maximum Gasteiger partial charge on any atom is 0.267 e. The van der Waals surface area contributed by atoms with Gasteiger partial charge in [0.1, 0.15) is 0 Å². The molecule has 1 aliphatic carbocycles. The highest BCUT2D eigenvalue weighted by Crippen LogP contribution is 2.41. The van der Waals surface area contributed by atoms with Gasteiger partial charge in [0.15, 0.2) is 12.0 Å². The number of hydrogen-bond acceptors (Lipinski definition) is 5. The molecule has 0 bridgehead atoms. The second kappa shape index (κ2) is 5.38. The largest absolute Gasteiger partial charge is 0.267 e. The van der Waals surface area contributed by atoms with E-state index in [0.29, 0.717) is 12.8 Å². The molecule has 6 nitrogen and oxygen atoms in total. The predicted molar refractivity (Wildman–Crippen MR) is 82.4 cm³/mol. The molecule has 0 spiro atoms. The maximum absolute atomic E-state index is 14.3. The summed E-state index contributed by atoms with van der Waals surface area (Å²) >= 11 is 0. The van der Waals surface area contributed by atoms with Crippen molar-refractivity contribution in [2.75, 3.05) is 0 Å². The molecule has 124 valence electrons. The Labute approximate surface area is 138 Å². The van der Waals surface area contributed by atoms with Gasteiger partial charge in [0.2, 0.25) is 9.84 Å². The average Bonchev–Trinajstić information content (AvgIpc) is 3.08. The van der Waals surface area contributed by atoms with Gasteiger partial charge in [0, 0.05) is 12.3 Å². The van der Waals surface area contributed by atoms with Crippen LogP contribution in [0.4, 0.5) is 4.39 Å². The summed E-state index contributed by atoms with van der Waals surface area (Å²) in [5, 5.41) is 12.0. The Morgan fingerprint density at radius 1 is 1.21 bits per heavy atom. The van der Waals surface area contributed by atoms with Gasteiger partial charge in [-0.1, -0.05) is 30.3 Å². The lowest BCUT2D eigenvalue weighted by Crippen LogP contribution is -2.35. The first kappa shape index (κ1) is 15.3. The molecule has 1 aromatic carbocycles. The minimum absolute atomic E-state index is 0.0681. The zero-order valence-electron chi connectivity index (χ0n) is 12.7. The van der Waals surface area contributed by atoms with E-state index in [1.54, 1.807) is 0 Å². The zero-order valence-corrected chi connectivity index (χ0v) is 13.5. The fraction of sp³-hybridized carbons (Fsp3) is 0.438. The van der Waals surface area contributed by atoms with Gasteiger partial charge in [0.05, 0.1) is 17.4 Å². The van der Waals surface area contributed by atoms with Crippen molar-refractivity contribution in [2.45, 2.75) is 41.9 Å². The first-order chi connectivity index (χ1) is 11.5. The summed E-state index contributed by atoms with van der Waals surface area (Å²) in [7, 11) is -3.71. The fourth-order valence-corrected chi connectivity index (χ4v) is 5.00. The Hall–Kier alpha value is -2.27. The molecule has 2 heterocycles. The van der Waals surface area contributed by atoms with Gasteiger partial charge in [-0.05, 0) is 18.4 Å². The molecule has 0 N–H and O–H groups in total. The molecule has 1 aromatic heterocycles. The van der Waals surface area contributed by atoms with E-state index in [1.807, 2.05) is 30.3 Å². The molecule has 1 aliphatic heterocycles. The van der Waals surface area contributed by atoms with Gasteiger partial charge < -0.3 is 0 Å². The standard InChI is InChI=1S/C16H15FN4O2S/c17-13-8-14(11-4-2-1-3-5-11)21-15(13)19-16(20-21)24(22,23)12-6-10(7-12)9-18/h1-5,10,12-14H,6-8H2/t10?,12?,13-,14-/m0/s1. The molecule has 2 atom stereocenters. The number of aromatic nitrogens is 3. The highest BCUT2D eigenvalue weighted by atomic mass is 32.2. The minimum Gasteiger partial charge on any atom is -0.239 e. The predicted octanol–water partition coefficient (Wildman–Crippen LogP) is 2.36. The van der Waals surface area contributed by atoms with E-state index >= 15 is 0 Å². The second-order valence-electron chi connectivity index (χ2n) is 6.29. The lowest BCUT2D eigenvalue weighted by Gasteiger charge is -2.28. The van der Waals surface area contributed by atoms with Gasteiger partial charge in [-0.25, -0.2) is 17.5 Å². The van der Waals surface area contributed by atoms with Gasteiger partial charge in [-0.15, -0.1) is 5.10 Å². The maximum atomic E-state index is 14.3. The molecular formula is C16H15FN4O2S. The lowest BCUT2D eigenvalue weighted by molar-refractivity contribution is 0.326. The van der Waals surface area contributed by atoms with Crippen LogP contribution in [0.1, 0.15) is 42.9 Å². The number of hydrogen-bond donors (Lipinski definition) is 0. The van der Waals surface area contributed by atoms with Crippen LogP contribution >= 0.6 is 0 Å². The van der Waals surface area contributed by atoms with Crippen LogP contribution in [0, 0.1) is 17.2 Å². The minimum atomic E-state index is -3.71. The highest BCUT2D eigenvalue weighted by Gasteiger charge is 2.44. The van der Waals surface area contributed by atoms with E-state index < -0.39 is 21.3 Å². The van der Waals surface area contributed by atoms with Crippen molar-refractivity contribution in [2.24, 2.45) is 5.92 Å². The molecule has 1 fully saturated rings. The van der Waals surface area contributed by atoms with E-state index in [0.717, 1.165) is 5.56 Å². The van der Waals surface area contributed by atoms with Crippen LogP contribution in [0.15, 0.2) is 35.5 Å². The monoisotopic (exact) mass is 346 g/mol. The molecule has 8 heteroatoms. The van der Waals surface area contributed by atoms with Crippen LogP contribution in [-0.2, 0) is 9.84 Å². The zero-order chi connectivity index (χ0) is 16.9. The molecule has 0 radical (unpaired) electrons. The van der Waals surface area contributed by atoms with Crippen molar-refractivity contribution in [1.82, 2.24) is 14.8 Å². The molecule has 1 saturated carbocycles. The number of sulfone groups is 1. The first-order valence-corrected chi connectivity index (χ1v) is 9.34. The quantitative estimate of drug-likeness (QED) is 0.851. The molecule has 0 unspecified atom stereocenters. The summed E-state index contributed by atoms with van der Waals surface area (Å²) in [5.41, 5.74) is 0.876. The number of halogens is 1. The molecular weight excluding hydrogens is 331 g/mol. The third-order valence-electron chi connectivity index (χ3n) is 4.80. The van der Waals surface area contributed by atoms with Crippen molar-refractivity contribution < 1.29 is 12.8 Å². The lowest BCUT2D eigenvalue weighted by atomic mass is 9.86. The summed E-state index contributed by atoms with van der Waals surface area (Å²) in [6, 6.07) is 11.0. The van der Waals surface area contributed by atoms with Crippen LogP contribution in [0.5, 0.6) is 0 Å². The van der Waals surface area contributed by atoms with E-state index in [2.05, 4.69) is 16.2 Å². The van der Waals surface area contributed by atoms with Gasteiger partial charge >= 0.3 is 0 Å². The van der Waals surface area contributed by atoms with Gasteiger partial charge in [-0.3, -0.25) is 0 Å². The van der Waals surface area contributed by atoms with Crippen LogP contribution in [0.25, 0.3) is 0 Å². The molecule has 0 saturated heterocycles. The molecule has 2 aliphatic rings. The SMILES string of the molecule is N#CC1CC(S(=O)(=O)c2nc3n(n2)[C@H](c2ccccc2)C[C@@H]3F)C1. The van der Waals surface area contributed by atoms with Crippen molar-refractivity contribution >= 4 is 9.84 Å². The third kappa shape index (κ3) is 2.23. The number of rotatable bonds is 3. The van der Waals surface area contributed by atoms with Crippen LogP contribution in [0.2, 0.25) is 0 Å². The molecule has 2 aromatic rings. The number of benzene rings is 1. The van der Waals surface area contributed by atoms with Crippen molar-refractivity contribution in [1.29, 1.82) is 5.26 Å². The van der Waals surface area contributed by atoms with E-state index in [4.69, 9.17) is 5.26 Å². The number of alkyl halides is 1. The number of nitrogens with zero attached hydrogens (tertiary/aromatic N) is 4. The normalized spacial score (nSPS) is 28.8. The van der Waals surface area contributed by atoms with E-state index in [1.165, 1.54) is 4.68 Å². The Bertz CT molecular complexity index is 913. The first-order valence-electron chi connectivity index (χ1n) is 7.79. The summed E-state index contributed by atoms with van der Waals surface area (Å²) in [5.74, 6) is -0.163. The summed E-state index contributed by atoms with van der Waals surface area (Å²) in [6.07, 6.45) is -0.534. The second-order valence-corrected chi connectivity index (χ2v) is 8.41.